The van der Waals surface area contributed by atoms with Gasteiger partial charge < -0.3 is 20.1 Å². The lowest BCUT2D eigenvalue weighted by molar-refractivity contribution is -0.899. The molecule has 2 heterocycles. The SMILES string of the molecule is O=C1NC(c2ccccc2)(c2ccccc2)CN1C1CC[N+]([O-])(Cc2ccccc2)CC1. The van der Waals surface area contributed by atoms with Gasteiger partial charge >= 0.3 is 6.03 Å². The summed E-state index contributed by atoms with van der Waals surface area (Å²) in [5.41, 5.74) is 2.66. The zero-order valence-corrected chi connectivity index (χ0v) is 18.2. The van der Waals surface area contributed by atoms with Crippen LogP contribution < -0.4 is 5.32 Å². The number of hydrogen-bond acceptors (Lipinski definition) is 2. The normalized spacial score (nSPS) is 24.8. The van der Waals surface area contributed by atoms with Crippen LogP contribution in [-0.2, 0) is 12.1 Å². The van der Waals surface area contributed by atoms with Gasteiger partial charge in [-0.15, -0.1) is 0 Å². The van der Waals surface area contributed by atoms with E-state index in [0.717, 1.165) is 29.5 Å². The van der Waals surface area contributed by atoms with Crippen LogP contribution in [-0.4, -0.2) is 41.3 Å². The number of likely N-dealkylation sites (tertiary alicyclic amines) is 1. The Morgan fingerprint density at radius 2 is 1.34 bits per heavy atom. The Morgan fingerprint density at radius 1 is 0.844 bits per heavy atom. The molecule has 164 valence electrons. The molecule has 0 spiro atoms. The van der Waals surface area contributed by atoms with Crippen molar-refractivity contribution in [2.75, 3.05) is 19.6 Å². The maximum atomic E-state index is 13.3. The summed E-state index contributed by atoms with van der Waals surface area (Å²) in [6.07, 6.45) is 1.45. The molecule has 3 aromatic carbocycles. The Bertz CT molecular complexity index is 1010. The van der Waals surface area contributed by atoms with Crippen molar-refractivity contribution >= 4 is 6.03 Å². The Morgan fingerprint density at radius 3 is 1.88 bits per heavy atom. The first-order valence-electron chi connectivity index (χ1n) is 11.4. The summed E-state index contributed by atoms with van der Waals surface area (Å²) in [6, 6.07) is 30.4. The first-order valence-corrected chi connectivity index (χ1v) is 11.4. The highest BCUT2D eigenvalue weighted by Gasteiger charge is 2.48. The van der Waals surface area contributed by atoms with Crippen molar-refractivity contribution in [3.05, 3.63) is 113 Å². The van der Waals surface area contributed by atoms with Crippen LogP contribution in [0.3, 0.4) is 0 Å². The summed E-state index contributed by atoms with van der Waals surface area (Å²) in [5.74, 6) is 0. The standard InChI is InChI=1S/C27H29N3O2/c31-26-28-27(23-12-6-2-7-13-23,24-14-8-3-9-15-24)21-29(26)25-16-18-30(32,19-17-25)20-22-10-4-1-5-11-22/h1-15,25H,16-21H2,(H,28,31). The molecule has 1 N–H and O–H groups in total. The molecule has 0 radical (unpaired) electrons. The lowest BCUT2D eigenvalue weighted by Gasteiger charge is -2.48. The lowest BCUT2D eigenvalue weighted by atomic mass is 9.83. The van der Waals surface area contributed by atoms with E-state index >= 15 is 0 Å². The van der Waals surface area contributed by atoms with Gasteiger partial charge in [-0.3, -0.25) is 0 Å². The molecule has 0 unspecified atom stereocenters. The number of carbonyl (C=O) groups excluding carboxylic acids is 1. The number of nitrogens with zero attached hydrogens (tertiary/aromatic N) is 2. The summed E-state index contributed by atoms with van der Waals surface area (Å²) < 4.78 is -0.210. The number of benzene rings is 3. The van der Waals surface area contributed by atoms with Gasteiger partial charge in [0.15, 0.2) is 0 Å². The van der Waals surface area contributed by atoms with Crippen LogP contribution in [0.25, 0.3) is 0 Å². The van der Waals surface area contributed by atoms with Gasteiger partial charge in [0.25, 0.3) is 0 Å². The monoisotopic (exact) mass is 427 g/mol. The first-order chi connectivity index (χ1) is 15.6. The van der Waals surface area contributed by atoms with E-state index in [1.54, 1.807) is 0 Å². The maximum absolute atomic E-state index is 13.3. The van der Waals surface area contributed by atoms with Crippen LogP contribution in [0.1, 0.15) is 29.5 Å². The molecule has 5 heteroatoms. The third-order valence-electron chi connectivity index (χ3n) is 7.02. The lowest BCUT2D eigenvalue weighted by Crippen LogP contribution is -2.53. The molecule has 0 atom stereocenters. The molecule has 5 nitrogen and oxygen atoms in total. The van der Waals surface area contributed by atoms with Gasteiger partial charge in [-0.2, -0.15) is 0 Å². The molecule has 0 saturated carbocycles. The van der Waals surface area contributed by atoms with Gasteiger partial charge in [-0.1, -0.05) is 91.0 Å². The van der Waals surface area contributed by atoms with E-state index in [-0.39, 0.29) is 16.7 Å². The van der Waals surface area contributed by atoms with Crippen molar-refractivity contribution in [2.45, 2.75) is 31.0 Å². The van der Waals surface area contributed by atoms with Gasteiger partial charge in [0.05, 0.1) is 19.6 Å². The van der Waals surface area contributed by atoms with E-state index < -0.39 is 5.54 Å². The van der Waals surface area contributed by atoms with Crippen LogP contribution >= 0.6 is 0 Å². The van der Waals surface area contributed by atoms with Gasteiger partial charge in [0, 0.05) is 24.4 Å². The highest BCUT2D eigenvalue weighted by atomic mass is 16.5. The molecule has 5 rings (SSSR count). The molecule has 0 aromatic heterocycles. The van der Waals surface area contributed by atoms with E-state index in [1.165, 1.54) is 0 Å². The van der Waals surface area contributed by atoms with Crippen LogP contribution in [0.15, 0.2) is 91.0 Å². The number of rotatable bonds is 5. The molecule has 2 aliphatic heterocycles. The molecule has 2 aliphatic rings. The molecule has 0 bridgehead atoms. The number of amides is 2. The van der Waals surface area contributed by atoms with Gasteiger partial charge in [0.1, 0.15) is 12.1 Å². The minimum atomic E-state index is -0.579. The molecule has 2 fully saturated rings. The molecule has 32 heavy (non-hydrogen) atoms. The third-order valence-corrected chi connectivity index (χ3v) is 7.02. The fraction of sp³-hybridized carbons (Fsp3) is 0.296. The molecule has 2 saturated heterocycles. The van der Waals surface area contributed by atoms with Crippen LogP contribution in [0.2, 0.25) is 0 Å². The number of piperidine rings is 1. The number of urea groups is 1. The third kappa shape index (κ3) is 3.90. The van der Waals surface area contributed by atoms with Crippen molar-refractivity contribution in [3.63, 3.8) is 0 Å². The van der Waals surface area contributed by atoms with Gasteiger partial charge in [-0.05, 0) is 11.1 Å². The summed E-state index contributed by atoms with van der Waals surface area (Å²) in [4.78, 5) is 15.2. The molecule has 0 aliphatic carbocycles. The van der Waals surface area contributed by atoms with Crippen molar-refractivity contribution in [3.8, 4) is 0 Å². The van der Waals surface area contributed by atoms with Crippen molar-refractivity contribution < 1.29 is 9.44 Å². The van der Waals surface area contributed by atoms with Gasteiger partial charge in [0.2, 0.25) is 0 Å². The fourth-order valence-electron chi connectivity index (χ4n) is 5.27. The fourth-order valence-corrected chi connectivity index (χ4v) is 5.27. The van der Waals surface area contributed by atoms with Crippen molar-refractivity contribution in [2.24, 2.45) is 0 Å². The van der Waals surface area contributed by atoms with E-state index in [9.17, 15) is 10.0 Å². The Labute approximate surface area is 189 Å². The number of quaternary nitrogens is 1. The number of hydrogen-bond donors (Lipinski definition) is 1. The Kier molecular flexibility index (Phi) is 5.45. The predicted molar refractivity (Wildman–Crippen MR) is 125 cm³/mol. The number of nitrogens with one attached hydrogen (secondary N) is 1. The second kappa shape index (κ2) is 8.41. The van der Waals surface area contributed by atoms with Crippen LogP contribution in [0, 0.1) is 5.21 Å². The second-order valence-electron chi connectivity index (χ2n) is 9.08. The van der Waals surface area contributed by atoms with E-state index in [0.29, 0.717) is 26.2 Å². The minimum absolute atomic E-state index is 0.0448. The number of hydroxylamine groups is 3. The molecular formula is C27H29N3O2. The smallest absolute Gasteiger partial charge is 0.318 e. The highest BCUT2D eigenvalue weighted by Crippen LogP contribution is 2.37. The molecule has 3 aromatic rings. The quantitative estimate of drug-likeness (QED) is 0.477. The topological polar surface area (TPSA) is 55.4 Å². The summed E-state index contributed by atoms with van der Waals surface area (Å²) in [7, 11) is 0. The Balaban J connectivity index is 1.35. The van der Waals surface area contributed by atoms with Crippen molar-refractivity contribution in [1.29, 1.82) is 0 Å². The maximum Gasteiger partial charge on any atom is 0.318 e. The molecular weight excluding hydrogens is 398 g/mol. The van der Waals surface area contributed by atoms with Gasteiger partial charge in [-0.25, -0.2) is 4.79 Å². The first kappa shape index (κ1) is 20.7. The predicted octanol–water partition coefficient (Wildman–Crippen LogP) is 4.63. The summed E-state index contributed by atoms with van der Waals surface area (Å²) >= 11 is 0. The van der Waals surface area contributed by atoms with E-state index in [1.807, 2.05) is 71.6 Å². The minimum Gasteiger partial charge on any atom is -0.633 e. The second-order valence-corrected chi connectivity index (χ2v) is 9.08. The Hall–Kier alpha value is -3.15. The highest BCUT2D eigenvalue weighted by molar-refractivity contribution is 5.80. The average Bonchev–Trinajstić information content (AvgIpc) is 3.19. The number of carbonyl (C=O) groups is 1. The van der Waals surface area contributed by atoms with Crippen LogP contribution in [0.4, 0.5) is 4.79 Å². The summed E-state index contributed by atoms with van der Waals surface area (Å²) in [5, 5.41) is 16.6. The zero-order chi connectivity index (χ0) is 22.0. The average molecular weight is 428 g/mol. The largest absolute Gasteiger partial charge is 0.633 e. The van der Waals surface area contributed by atoms with Crippen molar-refractivity contribution in [1.82, 2.24) is 10.2 Å². The van der Waals surface area contributed by atoms with E-state index in [4.69, 9.17) is 0 Å². The molecule has 2 amide bonds. The van der Waals surface area contributed by atoms with E-state index in [2.05, 4.69) is 29.6 Å². The zero-order valence-electron chi connectivity index (χ0n) is 18.2. The summed E-state index contributed by atoms with van der Waals surface area (Å²) in [6.45, 7) is 2.14. The van der Waals surface area contributed by atoms with Crippen LogP contribution in [0.5, 0.6) is 0 Å².